The molecule has 1 unspecified atom stereocenters. The Morgan fingerprint density at radius 3 is 3.00 bits per heavy atom. The minimum absolute atomic E-state index is 0.0370. The number of hydrogen-bond acceptors (Lipinski definition) is 6. The first-order valence-corrected chi connectivity index (χ1v) is 11.6. The van der Waals surface area contributed by atoms with Crippen LogP contribution in [0, 0.1) is 0 Å². The molecule has 2 aromatic carbocycles. The monoisotopic (exact) mass is 428 g/mol. The van der Waals surface area contributed by atoms with Gasteiger partial charge < -0.3 is 9.47 Å². The van der Waals surface area contributed by atoms with E-state index in [1.54, 1.807) is 23.8 Å². The van der Waals surface area contributed by atoms with Crippen molar-refractivity contribution in [2.45, 2.75) is 30.8 Å². The largest absolute Gasteiger partial charge is 0.497 e. The molecular formula is C22H24N2O3S2. The maximum atomic E-state index is 13.5. The number of amides is 1. The standard InChI is InChI=1S/C22H24N2O3S2/c1-3-28-18-8-4-6-15(12-18)21(25)24(14-17-7-5-11-27-17)22-23-19-13-16(26-2)9-10-20(19)29-22/h4,6,8-10,12-13,17H,3,5,7,11,14H2,1-2H3. The van der Waals surface area contributed by atoms with Gasteiger partial charge in [0.1, 0.15) is 5.75 Å². The molecular weight excluding hydrogens is 404 g/mol. The number of anilines is 1. The average Bonchev–Trinajstić information content (AvgIpc) is 3.40. The van der Waals surface area contributed by atoms with Crippen molar-refractivity contribution in [2.24, 2.45) is 0 Å². The Hall–Kier alpha value is -2.09. The van der Waals surface area contributed by atoms with Gasteiger partial charge in [-0.25, -0.2) is 4.98 Å². The summed E-state index contributed by atoms with van der Waals surface area (Å²) in [5, 5.41) is 0.697. The Bertz CT molecular complexity index is 999. The molecule has 0 aliphatic carbocycles. The van der Waals surface area contributed by atoms with Crippen molar-refractivity contribution in [1.82, 2.24) is 4.98 Å². The highest BCUT2D eigenvalue weighted by molar-refractivity contribution is 7.99. The van der Waals surface area contributed by atoms with E-state index >= 15 is 0 Å². The van der Waals surface area contributed by atoms with E-state index in [2.05, 4.69) is 6.92 Å². The van der Waals surface area contributed by atoms with Crippen molar-refractivity contribution < 1.29 is 14.3 Å². The van der Waals surface area contributed by atoms with Crippen LogP contribution in [0.15, 0.2) is 47.4 Å². The zero-order valence-electron chi connectivity index (χ0n) is 16.6. The lowest BCUT2D eigenvalue weighted by molar-refractivity contribution is 0.0917. The summed E-state index contributed by atoms with van der Waals surface area (Å²) in [6.45, 7) is 3.38. The van der Waals surface area contributed by atoms with E-state index in [1.807, 2.05) is 42.5 Å². The topological polar surface area (TPSA) is 51.7 Å². The molecule has 1 aliphatic heterocycles. The molecule has 7 heteroatoms. The van der Waals surface area contributed by atoms with E-state index in [0.29, 0.717) is 17.2 Å². The summed E-state index contributed by atoms with van der Waals surface area (Å²) < 4.78 is 12.2. The first-order valence-electron chi connectivity index (χ1n) is 9.79. The molecule has 1 aromatic heterocycles. The highest BCUT2D eigenvalue weighted by Gasteiger charge is 2.27. The molecule has 0 spiro atoms. The second-order valence-corrected chi connectivity index (χ2v) is 9.19. The van der Waals surface area contributed by atoms with Gasteiger partial charge in [-0.15, -0.1) is 11.8 Å². The Morgan fingerprint density at radius 1 is 1.34 bits per heavy atom. The molecule has 1 amide bonds. The second-order valence-electron chi connectivity index (χ2n) is 6.84. The number of methoxy groups -OCH3 is 1. The van der Waals surface area contributed by atoms with E-state index in [0.717, 1.165) is 46.1 Å². The molecule has 0 N–H and O–H groups in total. The predicted octanol–water partition coefficient (Wildman–Crippen LogP) is 5.24. The average molecular weight is 429 g/mol. The van der Waals surface area contributed by atoms with Crippen molar-refractivity contribution in [3.8, 4) is 5.75 Å². The van der Waals surface area contributed by atoms with Gasteiger partial charge in [0.25, 0.3) is 5.91 Å². The Kier molecular flexibility index (Phi) is 6.37. The molecule has 0 radical (unpaired) electrons. The normalized spacial score (nSPS) is 16.3. The molecule has 29 heavy (non-hydrogen) atoms. The quantitative estimate of drug-likeness (QED) is 0.482. The van der Waals surface area contributed by atoms with E-state index < -0.39 is 0 Å². The van der Waals surface area contributed by atoms with E-state index in [4.69, 9.17) is 14.5 Å². The van der Waals surface area contributed by atoms with Gasteiger partial charge in [-0.3, -0.25) is 9.69 Å². The molecule has 1 atom stereocenters. The van der Waals surface area contributed by atoms with Crippen LogP contribution in [-0.2, 0) is 4.74 Å². The Labute approximate surface area is 179 Å². The highest BCUT2D eigenvalue weighted by atomic mass is 32.2. The number of carbonyl (C=O) groups excluding carboxylic acids is 1. The van der Waals surface area contributed by atoms with Crippen molar-refractivity contribution in [2.75, 3.05) is 30.9 Å². The van der Waals surface area contributed by atoms with E-state index in [9.17, 15) is 4.79 Å². The van der Waals surface area contributed by atoms with Gasteiger partial charge in [-0.2, -0.15) is 0 Å². The minimum Gasteiger partial charge on any atom is -0.497 e. The number of hydrogen-bond donors (Lipinski definition) is 0. The predicted molar refractivity (Wildman–Crippen MR) is 120 cm³/mol. The first-order chi connectivity index (χ1) is 14.2. The van der Waals surface area contributed by atoms with Gasteiger partial charge in [-0.1, -0.05) is 24.3 Å². The lowest BCUT2D eigenvalue weighted by atomic mass is 10.2. The molecule has 1 fully saturated rings. The van der Waals surface area contributed by atoms with Crippen molar-refractivity contribution in [3.05, 3.63) is 48.0 Å². The smallest absolute Gasteiger partial charge is 0.260 e. The SMILES string of the molecule is CCSc1cccc(C(=O)N(CC2CCCO2)c2nc3cc(OC)ccc3s2)c1. The zero-order chi connectivity index (χ0) is 20.2. The summed E-state index contributed by atoms with van der Waals surface area (Å²) in [5.41, 5.74) is 1.52. The molecule has 4 rings (SSSR count). The summed E-state index contributed by atoms with van der Waals surface area (Å²) in [6, 6.07) is 13.6. The Balaban J connectivity index is 1.69. The van der Waals surface area contributed by atoms with Gasteiger partial charge in [0.05, 0.1) is 30.0 Å². The lowest BCUT2D eigenvalue weighted by Crippen LogP contribution is -2.37. The van der Waals surface area contributed by atoms with Crippen LogP contribution < -0.4 is 9.64 Å². The van der Waals surface area contributed by atoms with Crippen LogP contribution in [0.1, 0.15) is 30.1 Å². The maximum absolute atomic E-state index is 13.5. The van der Waals surface area contributed by atoms with Gasteiger partial charge in [0.15, 0.2) is 5.13 Å². The molecule has 2 heterocycles. The van der Waals surface area contributed by atoms with Crippen molar-refractivity contribution in [1.29, 1.82) is 0 Å². The third-order valence-electron chi connectivity index (χ3n) is 4.86. The number of rotatable bonds is 7. The minimum atomic E-state index is -0.0370. The first kappa shape index (κ1) is 20.2. The van der Waals surface area contributed by atoms with E-state index in [1.165, 1.54) is 11.3 Å². The second kappa shape index (κ2) is 9.15. The number of nitrogens with zero attached hydrogens (tertiary/aromatic N) is 2. The van der Waals surface area contributed by atoms with Crippen LogP contribution in [0.5, 0.6) is 5.75 Å². The number of thiazole rings is 1. The summed E-state index contributed by atoms with van der Waals surface area (Å²) in [5.74, 6) is 1.69. The fourth-order valence-electron chi connectivity index (χ4n) is 3.42. The van der Waals surface area contributed by atoms with Crippen LogP contribution in [0.3, 0.4) is 0 Å². The third-order valence-corrected chi connectivity index (χ3v) is 6.80. The lowest BCUT2D eigenvalue weighted by Gasteiger charge is -2.23. The number of fused-ring (bicyclic) bond motifs is 1. The number of carbonyl (C=O) groups is 1. The molecule has 3 aromatic rings. The molecule has 0 bridgehead atoms. The van der Waals surface area contributed by atoms with Crippen LogP contribution in [0.4, 0.5) is 5.13 Å². The van der Waals surface area contributed by atoms with Gasteiger partial charge >= 0.3 is 0 Å². The van der Waals surface area contributed by atoms with Crippen molar-refractivity contribution >= 4 is 44.4 Å². The van der Waals surface area contributed by atoms with Gasteiger partial charge in [0, 0.05) is 23.1 Å². The molecule has 5 nitrogen and oxygen atoms in total. The highest BCUT2D eigenvalue weighted by Crippen LogP contribution is 2.33. The third kappa shape index (κ3) is 4.57. The van der Waals surface area contributed by atoms with E-state index in [-0.39, 0.29) is 12.0 Å². The Morgan fingerprint density at radius 2 is 2.24 bits per heavy atom. The van der Waals surface area contributed by atoms with Gasteiger partial charge in [0.2, 0.25) is 0 Å². The number of benzene rings is 2. The number of aromatic nitrogens is 1. The summed E-state index contributed by atoms with van der Waals surface area (Å²) >= 11 is 3.26. The number of ether oxygens (including phenoxy) is 2. The van der Waals surface area contributed by atoms with Crippen LogP contribution in [0.2, 0.25) is 0 Å². The maximum Gasteiger partial charge on any atom is 0.260 e. The van der Waals surface area contributed by atoms with Gasteiger partial charge in [-0.05, 0) is 48.9 Å². The fraction of sp³-hybridized carbons (Fsp3) is 0.364. The molecule has 152 valence electrons. The zero-order valence-corrected chi connectivity index (χ0v) is 18.2. The van der Waals surface area contributed by atoms with Crippen LogP contribution >= 0.6 is 23.1 Å². The summed E-state index contributed by atoms with van der Waals surface area (Å²) in [7, 11) is 1.64. The summed E-state index contributed by atoms with van der Waals surface area (Å²) in [4.78, 5) is 21.1. The molecule has 0 saturated carbocycles. The van der Waals surface area contributed by atoms with Crippen molar-refractivity contribution in [3.63, 3.8) is 0 Å². The van der Waals surface area contributed by atoms with Crippen LogP contribution in [0.25, 0.3) is 10.2 Å². The summed E-state index contributed by atoms with van der Waals surface area (Å²) in [6.07, 6.45) is 2.05. The van der Waals surface area contributed by atoms with Crippen LogP contribution in [-0.4, -0.2) is 43.0 Å². The fourth-order valence-corrected chi connectivity index (χ4v) is 5.09. The molecule has 1 aliphatic rings. The number of thioether (sulfide) groups is 1. The molecule has 1 saturated heterocycles.